The van der Waals surface area contributed by atoms with Crippen LogP contribution in [0.2, 0.25) is 0 Å². The number of β-amino-alcohol motifs (C(OH)–C–C–N with tert-alkyl or cyclic N) is 1. The van der Waals surface area contributed by atoms with E-state index in [1.165, 1.54) is 32.1 Å². The van der Waals surface area contributed by atoms with E-state index >= 15 is 0 Å². The highest BCUT2D eigenvalue weighted by molar-refractivity contribution is 6.14. The molecule has 4 rings (SSSR count). The quantitative estimate of drug-likeness (QED) is 0.588. The molecule has 0 aromatic rings. The number of ketones is 1. The van der Waals surface area contributed by atoms with Gasteiger partial charge >= 0.3 is 0 Å². The number of hydrogen-bond donors (Lipinski definition) is 2. The fourth-order valence-electron chi connectivity index (χ4n) is 7.50. The van der Waals surface area contributed by atoms with Gasteiger partial charge in [-0.05, 0) is 61.2 Å². The van der Waals surface area contributed by atoms with Crippen molar-refractivity contribution in [1.82, 2.24) is 9.80 Å². The van der Waals surface area contributed by atoms with Crippen molar-refractivity contribution in [3.63, 3.8) is 0 Å². The SMILES string of the molecule is C[C@@H]1CC2C[C@H](C)CC(C3CC(=O)C(C=NCCN4CCN(CCO)CC4)=C(O)C3)(C2)C1. The van der Waals surface area contributed by atoms with Crippen molar-refractivity contribution in [3.8, 4) is 0 Å². The highest BCUT2D eigenvalue weighted by atomic mass is 16.3. The summed E-state index contributed by atoms with van der Waals surface area (Å²) in [5.74, 6) is 2.91. The van der Waals surface area contributed by atoms with Gasteiger partial charge in [-0.25, -0.2) is 0 Å². The lowest BCUT2D eigenvalue weighted by Crippen LogP contribution is -2.47. The number of rotatable bonds is 7. The van der Waals surface area contributed by atoms with Crippen LogP contribution in [0.1, 0.15) is 58.8 Å². The van der Waals surface area contributed by atoms with E-state index in [9.17, 15) is 9.90 Å². The van der Waals surface area contributed by atoms with Crippen LogP contribution in [-0.4, -0.2) is 84.4 Å². The molecule has 32 heavy (non-hydrogen) atoms. The molecule has 0 aromatic carbocycles. The van der Waals surface area contributed by atoms with Crippen molar-refractivity contribution < 1.29 is 15.0 Å². The second kappa shape index (κ2) is 10.4. The molecular formula is C26H43N3O3. The largest absolute Gasteiger partial charge is 0.511 e. The maximum Gasteiger partial charge on any atom is 0.168 e. The smallest absolute Gasteiger partial charge is 0.168 e. The molecule has 180 valence electrons. The Morgan fingerprint density at radius 2 is 1.62 bits per heavy atom. The van der Waals surface area contributed by atoms with Gasteiger partial charge in [0.15, 0.2) is 5.78 Å². The van der Waals surface area contributed by atoms with Crippen molar-refractivity contribution in [2.75, 3.05) is 52.4 Å². The van der Waals surface area contributed by atoms with Crippen LogP contribution < -0.4 is 0 Å². The summed E-state index contributed by atoms with van der Waals surface area (Å²) in [6.07, 6.45) is 9.22. The van der Waals surface area contributed by atoms with Crippen molar-refractivity contribution in [3.05, 3.63) is 11.3 Å². The van der Waals surface area contributed by atoms with E-state index in [1.807, 2.05) is 0 Å². The minimum atomic E-state index is 0.0856. The molecule has 3 fully saturated rings. The fourth-order valence-corrected chi connectivity index (χ4v) is 7.50. The van der Waals surface area contributed by atoms with Gasteiger partial charge in [0.1, 0.15) is 5.76 Å². The molecule has 2 bridgehead atoms. The molecule has 2 saturated carbocycles. The number of piperazine rings is 1. The molecule has 1 heterocycles. The third kappa shape index (κ3) is 5.45. The zero-order valence-corrected chi connectivity index (χ0v) is 20.1. The monoisotopic (exact) mass is 445 g/mol. The minimum Gasteiger partial charge on any atom is -0.511 e. The number of aliphatic hydroxyl groups excluding tert-OH is 2. The van der Waals surface area contributed by atoms with Gasteiger partial charge in [0, 0.05) is 58.3 Å². The summed E-state index contributed by atoms with van der Waals surface area (Å²) in [7, 11) is 0. The first-order chi connectivity index (χ1) is 15.4. The highest BCUT2D eigenvalue weighted by Gasteiger charge is 2.50. The van der Waals surface area contributed by atoms with Crippen molar-refractivity contribution in [1.29, 1.82) is 0 Å². The van der Waals surface area contributed by atoms with E-state index in [0.717, 1.165) is 57.0 Å². The lowest BCUT2D eigenvalue weighted by Gasteiger charge is -2.54. The van der Waals surface area contributed by atoms with E-state index in [-0.39, 0.29) is 29.5 Å². The van der Waals surface area contributed by atoms with Crippen molar-refractivity contribution in [2.24, 2.45) is 34.1 Å². The van der Waals surface area contributed by atoms with Crippen molar-refractivity contribution in [2.45, 2.75) is 58.8 Å². The van der Waals surface area contributed by atoms with Crippen LogP contribution >= 0.6 is 0 Å². The lowest BCUT2D eigenvalue weighted by molar-refractivity contribution is -0.120. The average Bonchev–Trinajstić information content (AvgIpc) is 2.73. The molecule has 2 N–H and O–H groups in total. The van der Waals surface area contributed by atoms with E-state index in [1.54, 1.807) is 6.21 Å². The summed E-state index contributed by atoms with van der Waals surface area (Å²) < 4.78 is 0. The Balaban J connectivity index is 1.32. The number of nitrogens with zero attached hydrogens (tertiary/aromatic N) is 3. The summed E-state index contributed by atoms with van der Waals surface area (Å²) in [4.78, 5) is 22.2. The number of carbonyl (C=O) groups is 1. The van der Waals surface area contributed by atoms with Crippen LogP contribution in [-0.2, 0) is 4.79 Å². The van der Waals surface area contributed by atoms with Crippen LogP contribution in [0.4, 0.5) is 0 Å². The number of allylic oxidation sites excluding steroid dienone is 2. The number of aliphatic imine (C=N–C) groups is 1. The maximum absolute atomic E-state index is 13.0. The molecule has 1 saturated heterocycles. The molecule has 0 amide bonds. The predicted molar refractivity (Wildman–Crippen MR) is 128 cm³/mol. The van der Waals surface area contributed by atoms with Gasteiger partial charge in [-0.3, -0.25) is 19.6 Å². The van der Waals surface area contributed by atoms with Crippen LogP contribution in [0, 0.1) is 29.1 Å². The van der Waals surface area contributed by atoms with Gasteiger partial charge in [0.25, 0.3) is 0 Å². The Kier molecular flexibility index (Phi) is 7.73. The second-order valence-corrected chi connectivity index (χ2v) is 11.4. The van der Waals surface area contributed by atoms with Gasteiger partial charge < -0.3 is 10.2 Å². The molecular weight excluding hydrogens is 402 g/mol. The summed E-state index contributed by atoms with van der Waals surface area (Å²) >= 11 is 0. The molecule has 5 atom stereocenters. The van der Waals surface area contributed by atoms with Crippen molar-refractivity contribution >= 4 is 12.0 Å². The third-order valence-corrected chi connectivity index (χ3v) is 8.67. The third-order valence-electron chi connectivity index (χ3n) is 8.67. The predicted octanol–water partition coefficient (Wildman–Crippen LogP) is 3.31. The van der Waals surface area contributed by atoms with E-state index in [2.05, 4.69) is 28.6 Å². The standard InChI is InChI=1S/C26H43N3O3/c1-19-11-21-12-20(2)16-26(15-19,17-21)22-13-24(31)23(25(32)14-22)18-27-3-4-28-5-7-29(8-6-28)9-10-30/h18-22,30-31H,3-17H2,1-2H3/t19-,20+,21?,22?,26?. The summed E-state index contributed by atoms with van der Waals surface area (Å²) in [6.45, 7) is 11.2. The van der Waals surface area contributed by atoms with Crippen LogP contribution in [0.25, 0.3) is 0 Å². The van der Waals surface area contributed by atoms with Gasteiger partial charge in [-0.2, -0.15) is 0 Å². The fraction of sp³-hybridized carbons (Fsp3) is 0.846. The normalized spacial score (nSPS) is 37.4. The maximum atomic E-state index is 13.0. The number of Topliss-reactive ketones (excluding diaryl/α,β-unsaturated/α-hetero) is 1. The first kappa shape index (κ1) is 23.9. The van der Waals surface area contributed by atoms with Gasteiger partial charge in [0.2, 0.25) is 0 Å². The molecule has 0 aromatic heterocycles. The summed E-state index contributed by atoms with van der Waals surface area (Å²) in [6, 6.07) is 0. The van der Waals surface area contributed by atoms with E-state index in [4.69, 9.17) is 5.11 Å². The molecule has 6 nitrogen and oxygen atoms in total. The van der Waals surface area contributed by atoms with Gasteiger partial charge in [0.05, 0.1) is 18.7 Å². The number of fused-ring (bicyclic) bond motifs is 2. The topological polar surface area (TPSA) is 76.4 Å². The van der Waals surface area contributed by atoms with Crippen LogP contribution in [0.5, 0.6) is 0 Å². The Labute approximate surface area is 193 Å². The Morgan fingerprint density at radius 3 is 2.22 bits per heavy atom. The average molecular weight is 446 g/mol. The number of aliphatic hydroxyl groups is 2. The highest BCUT2D eigenvalue weighted by Crippen LogP contribution is 2.59. The number of carbonyl (C=O) groups excluding carboxylic acids is 1. The zero-order valence-electron chi connectivity index (χ0n) is 20.1. The molecule has 3 unspecified atom stereocenters. The van der Waals surface area contributed by atoms with E-state index in [0.29, 0.717) is 25.0 Å². The zero-order chi connectivity index (χ0) is 22.7. The molecule has 0 radical (unpaired) electrons. The van der Waals surface area contributed by atoms with E-state index < -0.39 is 0 Å². The second-order valence-electron chi connectivity index (χ2n) is 11.4. The summed E-state index contributed by atoms with van der Waals surface area (Å²) in [5.41, 5.74) is 0.694. The Morgan fingerprint density at radius 1 is 1.00 bits per heavy atom. The van der Waals surface area contributed by atoms with Gasteiger partial charge in [-0.1, -0.05) is 13.8 Å². The van der Waals surface area contributed by atoms with Crippen LogP contribution in [0.3, 0.4) is 0 Å². The Bertz CT molecular complexity index is 706. The molecule has 3 aliphatic carbocycles. The molecule has 6 heteroatoms. The number of hydrogen-bond acceptors (Lipinski definition) is 6. The molecule has 4 aliphatic rings. The Hall–Kier alpha value is -1.24. The van der Waals surface area contributed by atoms with Gasteiger partial charge in [-0.15, -0.1) is 0 Å². The van der Waals surface area contributed by atoms with Crippen LogP contribution in [0.15, 0.2) is 16.3 Å². The summed E-state index contributed by atoms with van der Waals surface area (Å²) in [5, 5.41) is 19.9. The minimum absolute atomic E-state index is 0.0856. The molecule has 0 spiro atoms. The first-order valence-electron chi connectivity index (χ1n) is 12.9. The molecule has 1 aliphatic heterocycles. The first-order valence-corrected chi connectivity index (χ1v) is 12.9. The lowest BCUT2D eigenvalue weighted by atomic mass is 9.51.